The number of esters is 1. The number of nitrogens with one attached hydrogen (secondary N) is 3. The van der Waals surface area contributed by atoms with Gasteiger partial charge in [0.25, 0.3) is 0 Å². The van der Waals surface area contributed by atoms with Gasteiger partial charge in [-0.05, 0) is 104 Å². The van der Waals surface area contributed by atoms with E-state index < -0.39 is 0 Å². The molecule has 6 heterocycles. The molecule has 0 radical (unpaired) electrons. The number of ether oxygens (including phenoxy) is 6. The summed E-state index contributed by atoms with van der Waals surface area (Å²) in [6.07, 6.45) is 7.08. The third kappa shape index (κ3) is 11.1. The maximum atomic E-state index is 13.8. The number of aromatic amines is 2. The Labute approximate surface area is 450 Å². The summed E-state index contributed by atoms with van der Waals surface area (Å²) >= 11 is 0. The predicted molar refractivity (Wildman–Crippen MR) is 299 cm³/mol. The van der Waals surface area contributed by atoms with Crippen LogP contribution >= 0.6 is 0 Å². The topological polar surface area (TPSA) is 184 Å². The molecule has 0 saturated heterocycles. The van der Waals surface area contributed by atoms with Crippen LogP contribution in [0.2, 0.25) is 0 Å². The largest absolute Gasteiger partial charge is 0.487 e. The van der Waals surface area contributed by atoms with Crippen LogP contribution in [0.25, 0.3) is 17.0 Å². The van der Waals surface area contributed by atoms with Crippen molar-refractivity contribution in [2.24, 2.45) is 21.8 Å². The number of aliphatic imine (C=N–C) groups is 2. The van der Waals surface area contributed by atoms with Crippen molar-refractivity contribution < 1.29 is 38.0 Å². The van der Waals surface area contributed by atoms with E-state index >= 15 is 0 Å². The Morgan fingerprint density at radius 2 is 1.60 bits per heavy atom. The van der Waals surface area contributed by atoms with Crippen molar-refractivity contribution in [2.75, 3.05) is 53.1 Å². The monoisotopic (exact) mass is 1040 g/mol. The molecule has 0 spiro atoms. The second-order valence-electron chi connectivity index (χ2n) is 20.3. The summed E-state index contributed by atoms with van der Waals surface area (Å²) in [6.45, 7) is 13.2. The summed E-state index contributed by atoms with van der Waals surface area (Å²) in [7, 11) is 4.69. The highest BCUT2D eigenvalue weighted by molar-refractivity contribution is 6.11. The van der Waals surface area contributed by atoms with Crippen LogP contribution in [0.15, 0.2) is 93.8 Å². The number of nitrogens with zero attached hydrogens (tertiary/aromatic N) is 4. The molecule has 0 amide bonds. The van der Waals surface area contributed by atoms with E-state index in [1.165, 1.54) is 24.6 Å². The van der Waals surface area contributed by atoms with Gasteiger partial charge in [-0.3, -0.25) is 19.6 Å². The number of methoxy groups -OCH3 is 3. The molecule has 0 fully saturated rings. The molecule has 10 rings (SSSR count). The number of anilines is 2. The Bertz CT molecular complexity index is 3440. The first kappa shape index (κ1) is 52.8. The number of Topliss-reactive ketones (excluding diaryl/α,β-unsaturated/α-hetero) is 1. The van der Waals surface area contributed by atoms with Gasteiger partial charge in [-0.15, -0.1) is 0 Å². The molecule has 4 aliphatic rings. The average Bonchev–Trinajstić information content (AvgIpc) is 4.35. The number of carbonyl (C=O) groups is 2. The molecule has 15 heteroatoms. The van der Waals surface area contributed by atoms with E-state index in [9.17, 15) is 9.59 Å². The number of rotatable bonds is 18. The number of hydrogen-bond donors (Lipinski definition) is 3. The fourth-order valence-electron chi connectivity index (χ4n) is 11.4. The summed E-state index contributed by atoms with van der Waals surface area (Å²) in [6, 6.07) is 19.8. The second kappa shape index (κ2) is 23.3. The molecule has 398 valence electrons. The Balaban J connectivity index is 0.885. The first-order valence-corrected chi connectivity index (χ1v) is 26.6. The normalized spacial score (nSPS) is 18.5. The fourth-order valence-corrected chi connectivity index (χ4v) is 11.4. The van der Waals surface area contributed by atoms with Crippen molar-refractivity contribution in [2.45, 2.75) is 98.3 Å². The zero-order chi connectivity index (χ0) is 53.7. The SMILES string of the molecule is CCC1=C(C)C2Cc3[nH]c(c(C)c3COCc3cccc(C#Cc4cccc(Nc5ncnc6cc(OCCOC)c(OCCOC)cc56)c4)c3)C=C3N=C(C4CC(=O)c5c4[nH]c(c5C)CC1=N2)[C@@H](CCC(=O)OC)[C@@H]3C. The number of ketones is 1. The summed E-state index contributed by atoms with van der Waals surface area (Å²) < 4.78 is 34.1. The van der Waals surface area contributed by atoms with E-state index in [1.54, 1.807) is 14.2 Å². The van der Waals surface area contributed by atoms with E-state index in [4.69, 9.17) is 38.4 Å². The van der Waals surface area contributed by atoms with Crippen LogP contribution in [0, 0.1) is 37.5 Å². The number of hydrogen-bond acceptors (Lipinski definition) is 13. The highest BCUT2D eigenvalue weighted by Gasteiger charge is 2.44. The highest BCUT2D eigenvalue weighted by atomic mass is 16.5. The van der Waals surface area contributed by atoms with E-state index in [-0.39, 0.29) is 42.0 Å². The standard InChI is InChI=1S/C62H67N7O8/c1-9-43-35(2)49-29-54-47(37(4)48(67-54)28-50-36(3)44(18-19-58(71)74-8)60(68-50)46-26-55(70)59-38(5)51(69-61(46)59)30-53(43)66-49)33-75-32-41-14-10-12-39(24-41)16-17-40-13-11-15-42(25-40)65-62-45-27-56(76-22-20-72-6)57(77-23-21-73-7)31-52(45)63-34-64-62/h10-15,24-25,27-28,31,34,36,44,46,49,67,69H,9,18-23,26,29-30,32-33H2,1-8H3,(H,63,64,65)/t36-,44-,46?,49?/m0/s1. The van der Waals surface area contributed by atoms with Crippen LogP contribution < -0.4 is 14.8 Å². The zero-order valence-corrected chi connectivity index (χ0v) is 45.3. The minimum Gasteiger partial charge on any atom is -0.487 e. The number of H-pyrrole nitrogens is 2. The van der Waals surface area contributed by atoms with Crippen LogP contribution in [0.5, 0.6) is 11.5 Å². The average molecular weight is 1040 g/mol. The molecule has 3 N–H and O–H groups in total. The summed E-state index contributed by atoms with van der Waals surface area (Å²) in [5.41, 5.74) is 17.8. The van der Waals surface area contributed by atoms with Gasteiger partial charge in [-0.2, -0.15) is 0 Å². The van der Waals surface area contributed by atoms with E-state index in [0.717, 1.165) is 96.3 Å². The molecule has 0 saturated carbocycles. The smallest absolute Gasteiger partial charge is 0.305 e. The fraction of sp³-hybridized carbons (Fsp3) is 0.387. The Kier molecular flexibility index (Phi) is 16.0. The highest BCUT2D eigenvalue weighted by Crippen LogP contribution is 2.46. The van der Waals surface area contributed by atoms with Crippen molar-refractivity contribution in [1.82, 2.24) is 19.9 Å². The molecule has 2 unspecified atom stereocenters. The molecule has 15 nitrogen and oxygen atoms in total. The molecule has 77 heavy (non-hydrogen) atoms. The lowest BCUT2D eigenvalue weighted by atomic mass is 9.81. The van der Waals surface area contributed by atoms with Crippen LogP contribution in [0.4, 0.5) is 11.5 Å². The molecule has 3 aromatic heterocycles. The Morgan fingerprint density at radius 1 is 0.844 bits per heavy atom. The lowest BCUT2D eigenvalue weighted by Crippen LogP contribution is -2.23. The van der Waals surface area contributed by atoms with Gasteiger partial charge >= 0.3 is 5.97 Å². The third-order valence-electron chi connectivity index (χ3n) is 15.6. The molecular formula is C62H67N7O8. The maximum absolute atomic E-state index is 13.8. The molecule has 4 atom stereocenters. The van der Waals surface area contributed by atoms with E-state index in [0.29, 0.717) is 88.2 Å². The maximum Gasteiger partial charge on any atom is 0.305 e. The van der Waals surface area contributed by atoms with Gasteiger partial charge in [0.2, 0.25) is 0 Å². The summed E-state index contributed by atoms with van der Waals surface area (Å²) in [5, 5.41) is 4.23. The van der Waals surface area contributed by atoms with Crippen molar-refractivity contribution in [3.8, 4) is 23.3 Å². The summed E-state index contributed by atoms with van der Waals surface area (Å²) in [5.74, 6) is 8.13. The number of carbonyl (C=O) groups excluding carboxylic acids is 2. The number of benzene rings is 3. The Hall–Kier alpha value is -7.64. The minimum absolute atomic E-state index is 0.00836. The lowest BCUT2D eigenvalue weighted by Gasteiger charge is -2.21. The van der Waals surface area contributed by atoms with Crippen LogP contribution in [0.3, 0.4) is 0 Å². The van der Waals surface area contributed by atoms with Crippen LogP contribution in [0.1, 0.15) is 119 Å². The van der Waals surface area contributed by atoms with Gasteiger partial charge in [0.15, 0.2) is 17.3 Å². The lowest BCUT2D eigenvalue weighted by molar-refractivity contribution is -0.140. The van der Waals surface area contributed by atoms with E-state index in [1.807, 2.05) is 48.5 Å². The molecule has 1 aliphatic carbocycles. The third-order valence-corrected chi connectivity index (χ3v) is 15.6. The molecule has 3 aromatic carbocycles. The first-order valence-electron chi connectivity index (χ1n) is 26.6. The quantitative estimate of drug-likeness (QED) is 0.0423. The van der Waals surface area contributed by atoms with Gasteiger partial charge in [0.05, 0.1) is 45.1 Å². The van der Waals surface area contributed by atoms with E-state index in [2.05, 4.69) is 89.9 Å². The minimum atomic E-state index is -0.251. The van der Waals surface area contributed by atoms with Gasteiger partial charge in [0, 0.05) is 137 Å². The number of aromatic nitrogens is 4. The van der Waals surface area contributed by atoms with Gasteiger partial charge in [-0.1, -0.05) is 43.9 Å². The number of allylic oxidation sites excluding steroid dienone is 2. The second-order valence-corrected chi connectivity index (χ2v) is 20.3. The molecule has 3 aliphatic heterocycles. The molecule has 6 aromatic rings. The summed E-state index contributed by atoms with van der Waals surface area (Å²) in [4.78, 5) is 53.9. The van der Waals surface area contributed by atoms with Crippen LogP contribution in [-0.4, -0.2) is 96.9 Å². The van der Waals surface area contributed by atoms with Crippen molar-refractivity contribution in [1.29, 1.82) is 0 Å². The van der Waals surface area contributed by atoms with Crippen LogP contribution in [-0.2, 0) is 49.8 Å². The van der Waals surface area contributed by atoms with Gasteiger partial charge < -0.3 is 43.7 Å². The van der Waals surface area contributed by atoms with Gasteiger partial charge in [-0.25, -0.2) is 9.97 Å². The van der Waals surface area contributed by atoms with Gasteiger partial charge in [0.1, 0.15) is 25.4 Å². The Morgan fingerprint density at radius 3 is 2.35 bits per heavy atom. The van der Waals surface area contributed by atoms with Crippen molar-refractivity contribution >= 4 is 51.7 Å². The molecule has 8 bridgehead atoms. The predicted octanol–water partition coefficient (Wildman–Crippen LogP) is 10.8. The number of fused-ring (bicyclic) bond motifs is 7. The van der Waals surface area contributed by atoms with Crippen molar-refractivity contribution in [3.05, 3.63) is 146 Å². The first-order chi connectivity index (χ1) is 37.4. The molecular weight excluding hydrogens is 971 g/mol. The zero-order valence-electron chi connectivity index (χ0n) is 45.3. The van der Waals surface area contributed by atoms with Crippen molar-refractivity contribution in [3.63, 3.8) is 0 Å².